The lowest BCUT2D eigenvalue weighted by molar-refractivity contribution is -0.138. The standard InChI is InChI=1S/C11H22N2O2/c1-9(4-5-12)2-3-11(15)13-6-10(7-13)8-14/h9-10,14H,2-8,12H2,1H3. The molecule has 15 heavy (non-hydrogen) atoms. The quantitative estimate of drug-likeness (QED) is 0.664. The number of likely N-dealkylation sites (tertiary alicyclic amines) is 1. The number of aliphatic hydroxyl groups is 1. The van der Waals surface area contributed by atoms with Gasteiger partial charge in [-0.3, -0.25) is 4.79 Å². The molecule has 1 fully saturated rings. The van der Waals surface area contributed by atoms with Crippen molar-refractivity contribution in [3.05, 3.63) is 0 Å². The van der Waals surface area contributed by atoms with E-state index in [1.54, 1.807) is 0 Å². The van der Waals surface area contributed by atoms with E-state index in [2.05, 4.69) is 6.92 Å². The van der Waals surface area contributed by atoms with Crippen LogP contribution in [-0.2, 0) is 4.79 Å². The molecule has 3 N–H and O–H groups in total. The fourth-order valence-electron chi connectivity index (χ4n) is 1.85. The van der Waals surface area contributed by atoms with Gasteiger partial charge in [-0.1, -0.05) is 6.92 Å². The molecule has 1 saturated heterocycles. The molecular weight excluding hydrogens is 192 g/mol. The first kappa shape index (κ1) is 12.5. The van der Waals surface area contributed by atoms with Crippen LogP contribution in [0.25, 0.3) is 0 Å². The lowest BCUT2D eigenvalue weighted by Gasteiger charge is -2.38. The average molecular weight is 214 g/mol. The summed E-state index contributed by atoms with van der Waals surface area (Å²) in [6.45, 7) is 4.51. The third-order valence-corrected chi connectivity index (χ3v) is 3.08. The van der Waals surface area contributed by atoms with E-state index in [1.165, 1.54) is 0 Å². The Balaban J connectivity index is 2.09. The fourth-order valence-corrected chi connectivity index (χ4v) is 1.85. The minimum atomic E-state index is 0.202. The van der Waals surface area contributed by atoms with E-state index >= 15 is 0 Å². The zero-order chi connectivity index (χ0) is 11.3. The SMILES string of the molecule is CC(CCN)CCC(=O)N1CC(CO)C1. The first-order valence-electron chi connectivity index (χ1n) is 5.76. The Hall–Kier alpha value is -0.610. The highest BCUT2D eigenvalue weighted by Gasteiger charge is 2.29. The van der Waals surface area contributed by atoms with E-state index < -0.39 is 0 Å². The van der Waals surface area contributed by atoms with E-state index in [9.17, 15) is 4.79 Å². The summed E-state index contributed by atoms with van der Waals surface area (Å²) in [5.41, 5.74) is 5.45. The predicted molar refractivity (Wildman–Crippen MR) is 59.2 cm³/mol. The van der Waals surface area contributed by atoms with Gasteiger partial charge in [-0.05, 0) is 25.3 Å². The van der Waals surface area contributed by atoms with Crippen molar-refractivity contribution in [2.75, 3.05) is 26.2 Å². The third kappa shape index (κ3) is 3.80. The highest BCUT2D eigenvalue weighted by Crippen LogP contribution is 2.18. The van der Waals surface area contributed by atoms with Gasteiger partial charge < -0.3 is 15.7 Å². The summed E-state index contributed by atoms with van der Waals surface area (Å²) in [7, 11) is 0. The fraction of sp³-hybridized carbons (Fsp3) is 0.909. The van der Waals surface area contributed by atoms with Gasteiger partial charge in [-0.25, -0.2) is 0 Å². The van der Waals surface area contributed by atoms with E-state index in [-0.39, 0.29) is 12.5 Å². The Morgan fingerprint density at radius 2 is 2.20 bits per heavy atom. The van der Waals surface area contributed by atoms with Crippen molar-refractivity contribution >= 4 is 5.91 Å². The molecule has 4 heteroatoms. The van der Waals surface area contributed by atoms with Crippen LogP contribution in [0.1, 0.15) is 26.2 Å². The Morgan fingerprint density at radius 3 is 2.73 bits per heavy atom. The van der Waals surface area contributed by atoms with Crippen molar-refractivity contribution in [3.8, 4) is 0 Å². The van der Waals surface area contributed by atoms with Gasteiger partial charge in [-0.15, -0.1) is 0 Å². The molecule has 1 aliphatic heterocycles. The zero-order valence-corrected chi connectivity index (χ0v) is 9.48. The molecule has 88 valence electrons. The van der Waals surface area contributed by atoms with Gasteiger partial charge in [-0.2, -0.15) is 0 Å². The predicted octanol–water partition coefficient (Wildman–Crippen LogP) is 0.202. The van der Waals surface area contributed by atoms with Gasteiger partial charge in [0.05, 0.1) is 0 Å². The Kier molecular flexibility index (Phi) is 5.05. The molecule has 1 aliphatic rings. The van der Waals surface area contributed by atoms with Crippen LogP contribution in [0, 0.1) is 11.8 Å². The van der Waals surface area contributed by atoms with Crippen LogP contribution in [0.2, 0.25) is 0 Å². The summed E-state index contributed by atoms with van der Waals surface area (Å²) in [6, 6.07) is 0. The highest BCUT2D eigenvalue weighted by molar-refractivity contribution is 5.76. The van der Waals surface area contributed by atoms with Crippen LogP contribution in [0.3, 0.4) is 0 Å². The molecule has 0 aromatic heterocycles. The van der Waals surface area contributed by atoms with Crippen LogP contribution in [0.5, 0.6) is 0 Å². The van der Waals surface area contributed by atoms with Crippen LogP contribution < -0.4 is 5.73 Å². The van der Waals surface area contributed by atoms with Crippen molar-refractivity contribution in [3.63, 3.8) is 0 Å². The average Bonchev–Trinajstić information content (AvgIpc) is 2.13. The van der Waals surface area contributed by atoms with Crippen LogP contribution in [-0.4, -0.2) is 42.2 Å². The normalized spacial score (nSPS) is 18.7. The van der Waals surface area contributed by atoms with Gasteiger partial charge in [0, 0.05) is 32.0 Å². The van der Waals surface area contributed by atoms with Crippen LogP contribution in [0.15, 0.2) is 0 Å². The Morgan fingerprint density at radius 1 is 1.53 bits per heavy atom. The summed E-state index contributed by atoms with van der Waals surface area (Å²) in [6.07, 6.45) is 2.54. The number of amides is 1. The van der Waals surface area contributed by atoms with Gasteiger partial charge >= 0.3 is 0 Å². The summed E-state index contributed by atoms with van der Waals surface area (Å²) in [5.74, 6) is 1.08. The number of hydrogen-bond acceptors (Lipinski definition) is 3. The lowest BCUT2D eigenvalue weighted by Crippen LogP contribution is -2.51. The first-order chi connectivity index (χ1) is 7.17. The number of rotatable bonds is 6. The Labute approximate surface area is 91.4 Å². The first-order valence-corrected chi connectivity index (χ1v) is 5.76. The van der Waals surface area contributed by atoms with Crippen molar-refractivity contribution in [1.29, 1.82) is 0 Å². The highest BCUT2D eigenvalue weighted by atomic mass is 16.3. The van der Waals surface area contributed by atoms with Gasteiger partial charge in [0.15, 0.2) is 0 Å². The molecule has 1 rings (SSSR count). The van der Waals surface area contributed by atoms with E-state index in [4.69, 9.17) is 10.8 Å². The van der Waals surface area contributed by atoms with E-state index in [0.717, 1.165) is 25.9 Å². The molecule has 0 aromatic carbocycles. The molecule has 0 aromatic rings. The van der Waals surface area contributed by atoms with Crippen molar-refractivity contribution < 1.29 is 9.90 Å². The van der Waals surface area contributed by atoms with Crippen molar-refractivity contribution in [2.45, 2.75) is 26.2 Å². The van der Waals surface area contributed by atoms with Gasteiger partial charge in [0.25, 0.3) is 0 Å². The number of nitrogens with two attached hydrogens (primary N) is 1. The van der Waals surface area contributed by atoms with E-state index in [0.29, 0.717) is 24.8 Å². The van der Waals surface area contributed by atoms with Crippen LogP contribution in [0.4, 0.5) is 0 Å². The summed E-state index contributed by atoms with van der Waals surface area (Å²) < 4.78 is 0. The molecule has 0 radical (unpaired) electrons. The topological polar surface area (TPSA) is 66.6 Å². The van der Waals surface area contributed by atoms with Gasteiger partial charge in [0.1, 0.15) is 0 Å². The monoisotopic (exact) mass is 214 g/mol. The van der Waals surface area contributed by atoms with Crippen molar-refractivity contribution in [1.82, 2.24) is 4.90 Å². The lowest BCUT2D eigenvalue weighted by atomic mass is 9.98. The van der Waals surface area contributed by atoms with Gasteiger partial charge in [0.2, 0.25) is 5.91 Å². The summed E-state index contributed by atoms with van der Waals surface area (Å²) >= 11 is 0. The maximum Gasteiger partial charge on any atom is 0.222 e. The molecule has 0 spiro atoms. The number of carbonyl (C=O) groups is 1. The zero-order valence-electron chi connectivity index (χ0n) is 9.48. The third-order valence-electron chi connectivity index (χ3n) is 3.08. The second-order valence-corrected chi connectivity index (χ2v) is 4.57. The second-order valence-electron chi connectivity index (χ2n) is 4.57. The molecule has 1 heterocycles. The maximum absolute atomic E-state index is 11.6. The molecule has 0 bridgehead atoms. The van der Waals surface area contributed by atoms with Crippen molar-refractivity contribution in [2.24, 2.45) is 17.6 Å². The molecule has 1 amide bonds. The molecule has 0 aliphatic carbocycles. The number of hydrogen-bond donors (Lipinski definition) is 2. The molecule has 4 nitrogen and oxygen atoms in total. The van der Waals surface area contributed by atoms with E-state index in [1.807, 2.05) is 4.90 Å². The molecule has 0 saturated carbocycles. The Bertz CT molecular complexity index is 203. The maximum atomic E-state index is 11.6. The number of aliphatic hydroxyl groups excluding tert-OH is 1. The smallest absolute Gasteiger partial charge is 0.222 e. The molecule has 1 unspecified atom stereocenters. The largest absolute Gasteiger partial charge is 0.396 e. The minimum absolute atomic E-state index is 0.202. The second kappa shape index (κ2) is 6.08. The number of nitrogens with zero attached hydrogens (tertiary/aromatic N) is 1. The summed E-state index contributed by atoms with van der Waals surface area (Å²) in [5, 5.41) is 8.82. The molecular formula is C11H22N2O2. The minimum Gasteiger partial charge on any atom is -0.396 e. The van der Waals surface area contributed by atoms with Crippen LogP contribution >= 0.6 is 0 Å². The number of carbonyl (C=O) groups excluding carboxylic acids is 1. The summed E-state index contributed by atoms with van der Waals surface area (Å²) in [4.78, 5) is 13.4. The molecule has 1 atom stereocenters.